The molecular weight excluding hydrogens is 432 g/mol. The van der Waals surface area contributed by atoms with Crippen molar-refractivity contribution in [2.45, 2.75) is 32.2 Å². The first-order chi connectivity index (χ1) is 13.9. The molecule has 0 heterocycles. The van der Waals surface area contributed by atoms with Crippen LogP contribution < -0.4 is 34.7 Å². The van der Waals surface area contributed by atoms with Crippen LogP contribution in [0.5, 0.6) is 0 Å². The molecule has 0 spiro atoms. The first kappa shape index (κ1) is 27.0. The van der Waals surface area contributed by atoms with Crippen molar-refractivity contribution in [3.8, 4) is 0 Å². The van der Waals surface area contributed by atoms with Gasteiger partial charge in [-0.15, -0.1) is 0 Å². The maximum atomic E-state index is 12.3. The van der Waals surface area contributed by atoms with Gasteiger partial charge in [0.15, 0.2) is 5.78 Å². The zero-order valence-electron chi connectivity index (χ0n) is 17.3. The minimum atomic E-state index is -3.13. The van der Waals surface area contributed by atoms with E-state index in [2.05, 4.69) is 4.99 Å². The van der Waals surface area contributed by atoms with Gasteiger partial charge in [-0.25, -0.2) is 4.99 Å². The quantitative estimate of drug-likeness (QED) is 0.133. The van der Waals surface area contributed by atoms with Crippen LogP contribution in [0.15, 0.2) is 65.7 Å². The number of hydrogen-bond donors (Lipinski definition) is 1. The Morgan fingerprint density at radius 1 is 1.10 bits per heavy atom. The largest absolute Gasteiger partial charge is 1.00 e. The molecule has 0 saturated carbocycles. The molecule has 2 aromatic carbocycles. The first-order valence-electron chi connectivity index (χ1n) is 9.33. The number of rotatable bonds is 10. The first-order valence-corrected chi connectivity index (χ1v) is 12.3. The number of hydrogen-bond acceptors (Lipinski definition) is 7. The van der Waals surface area contributed by atoms with Crippen LogP contribution in [0.1, 0.15) is 24.5 Å². The topological polar surface area (TPSA) is 91.2 Å². The van der Waals surface area contributed by atoms with Crippen LogP contribution in [0.25, 0.3) is 0 Å². The molecule has 0 saturated heterocycles. The molecule has 2 unspecified atom stereocenters. The second-order valence-corrected chi connectivity index (χ2v) is 10.8. The number of aliphatic imine (C=N–C) groups is 1. The van der Waals surface area contributed by atoms with E-state index in [1.54, 1.807) is 6.92 Å². The second kappa shape index (κ2) is 14.1. The van der Waals surface area contributed by atoms with Gasteiger partial charge in [-0.1, -0.05) is 60.7 Å². The van der Waals surface area contributed by atoms with Crippen molar-refractivity contribution in [1.29, 1.82) is 0 Å². The van der Waals surface area contributed by atoms with Crippen LogP contribution in [0, 0.1) is 0 Å². The Balaban J connectivity index is 0.00000450. The van der Waals surface area contributed by atoms with E-state index in [1.165, 1.54) is 0 Å². The van der Waals surface area contributed by atoms with Crippen LogP contribution in [0.3, 0.4) is 0 Å². The number of carbonyl (C=O) groups is 1. The van der Waals surface area contributed by atoms with Crippen molar-refractivity contribution in [2.75, 3.05) is 12.8 Å². The number of benzene rings is 2. The Hall–Kier alpha value is -1.08. The third-order valence-electron chi connectivity index (χ3n) is 4.13. The smallest absolute Gasteiger partial charge is 0.596 e. The van der Waals surface area contributed by atoms with Gasteiger partial charge in [0.05, 0.1) is 19.2 Å². The standard InChI is InChI=1S/C21H26NO5PS.Na/c1-2-26-20(23)13-14-28(25,29)19(15-17-9-5-3-6-10-17)22-21(24)27-16-18-11-7-4-8-12-18;/h3-12,19H,2,13-16H2,1H3,(H,22,24)(H,25,29);/q;+1/p-1. The minimum absolute atomic E-state index is 0. The summed E-state index contributed by atoms with van der Waals surface area (Å²) in [6.07, 6.45) is -0.456. The molecule has 9 heteroatoms. The van der Waals surface area contributed by atoms with Crippen molar-refractivity contribution in [3.05, 3.63) is 71.8 Å². The molecule has 2 rings (SSSR count). The molecule has 156 valence electrons. The third-order valence-corrected chi connectivity index (χ3v) is 7.50. The Bertz CT molecular complexity index is 792. The summed E-state index contributed by atoms with van der Waals surface area (Å²) < 4.78 is 10.1. The van der Waals surface area contributed by atoms with E-state index in [0.717, 1.165) is 11.1 Å². The van der Waals surface area contributed by atoms with Crippen molar-refractivity contribution >= 4 is 31.0 Å². The van der Waals surface area contributed by atoms with Crippen LogP contribution in [-0.2, 0) is 39.5 Å². The van der Waals surface area contributed by atoms with Crippen molar-refractivity contribution in [1.82, 2.24) is 0 Å². The Kier molecular flexibility index (Phi) is 12.6. The number of ether oxygens (including phenoxy) is 2. The molecule has 0 bridgehead atoms. The van der Waals surface area contributed by atoms with Gasteiger partial charge in [0, 0.05) is 19.7 Å². The van der Waals surface area contributed by atoms with E-state index >= 15 is 0 Å². The summed E-state index contributed by atoms with van der Waals surface area (Å²) in [4.78, 5) is 26.6. The fourth-order valence-electron chi connectivity index (χ4n) is 2.62. The number of nitrogens with zero attached hydrogens (tertiary/aromatic N) is 1. The summed E-state index contributed by atoms with van der Waals surface area (Å²) in [5.41, 5.74) is 1.72. The number of esters is 1. The normalized spacial score (nSPS) is 14.2. The molecular formula is C21H25NNaO5PS. The Labute approximate surface area is 205 Å². The maximum absolute atomic E-state index is 12.3. The minimum Gasteiger partial charge on any atom is -0.596 e. The van der Waals surface area contributed by atoms with Gasteiger partial charge < -0.3 is 26.8 Å². The molecule has 0 radical (unpaired) electrons. The van der Waals surface area contributed by atoms with Crippen molar-refractivity contribution in [3.63, 3.8) is 0 Å². The van der Waals surface area contributed by atoms with Crippen molar-refractivity contribution < 1.29 is 53.8 Å². The fourth-order valence-corrected chi connectivity index (χ4v) is 4.83. The van der Waals surface area contributed by atoms with Crippen molar-refractivity contribution in [2.24, 2.45) is 4.99 Å². The predicted molar refractivity (Wildman–Crippen MR) is 115 cm³/mol. The van der Waals surface area contributed by atoms with Gasteiger partial charge in [-0.3, -0.25) is 9.69 Å². The van der Waals surface area contributed by atoms with E-state index in [9.17, 15) is 14.8 Å². The molecule has 2 aromatic rings. The average molecular weight is 457 g/mol. The monoisotopic (exact) mass is 457 g/mol. The van der Waals surface area contributed by atoms with E-state index < -0.39 is 24.5 Å². The third kappa shape index (κ3) is 9.82. The van der Waals surface area contributed by atoms with Gasteiger partial charge in [0.1, 0.15) is 6.08 Å². The van der Waals surface area contributed by atoms with Crippen LogP contribution >= 0.6 is 6.69 Å². The van der Waals surface area contributed by atoms with E-state index in [0.29, 0.717) is 0 Å². The molecule has 0 aliphatic carbocycles. The molecule has 6 nitrogen and oxygen atoms in total. The molecule has 0 aliphatic rings. The van der Waals surface area contributed by atoms with Gasteiger partial charge in [-0.2, -0.15) is 0 Å². The molecule has 30 heavy (non-hydrogen) atoms. The molecule has 1 N–H and O–H groups in total. The molecule has 0 aromatic heterocycles. The Morgan fingerprint density at radius 2 is 1.67 bits per heavy atom. The molecule has 2 atom stereocenters. The summed E-state index contributed by atoms with van der Waals surface area (Å²) in [5.74, 6) is -1.27. The average Bonchev–Trinajstić information content (AvgIpc) is 2.72. The maximum Gasteiger partial charge on any atom is 1.00 e. The van der Waals surface area contributed by atoms with Gasteiger partial charge >= 0.3 is 35.5 Å². The summed E-state index contributed by atoms with van der Waals surface area (Å²) in [6.45, 7) is -1.08. The van der Waals surface area contributed by atoms with E-state index in [4.69, 9.17) is 21.7 Å². The fraction of sp³-hybridized carbons (Fsp3) is 0.333. The summed E-state index contributed by atoms with van der Waals surface area (Å²) >= 11 is 5.42. The summed E-state index contributed by atoms with van der Waals surface area (Å²) in [6, 6.07) is 18.6. The summed E-state index contributed by atoms with van der Waals surface area (Å²) in [5, 5.41) is 12.3. The van der Waals surface area contributed by atoms with Gasteiger partial charge in [-0.05, 0) is 18.1 Å². The molecule has 0 amide bonds. The number of carbonyl (C=O) groups excluding carboxylic acids is 1. The van der Waals surface area contributed by atoms with Gasteiger partial charge in [0.25, 0.3) is 0 Å². The van der Waals surface area contributed by atoms with E-state index in [1.807, 2.05) is 60.7 Å². The Morgan fingerprint density at radius 3 is 2.23 bits per heavy atom. The zero-order valence-corrected chi connectivity index (χ0v) is 21.0. The van der Waals surface area contributed by atoms with Gasteiger partial charge in [0.2, 0.25) is 0 Å². The molecule has 0 aliphatic heterocycles. The van der Waals surface area contributed by atoms with Crippen LogP contribution in [0.2, 0.25) is 0 Å². The van der Waals surface area contributed by atoms with Crippen LogP contribution in [-0.4, -0.2) is 35.5 Å². The second-order valence-electron chi connectivity index (χ2n) is 6.37. The van der Waals surface area contributed by atoms with Crippen LogP contribution in [0.4, 0.5) is 0 Å². The zero-order chi connectivity index (χ0) is 21.1. The molecule has 0 fully saturated rings. The summed E-state index contributed by atoms with van der Waals surface area (Å²) in [7, 11) is 0. The van der Waals surface area contributed by atoms with E-state index in [-0.39, 0.29) is 61.8 Å². The SMILES string of the molecule is CCOC(=O)CC[P+](O)([S-])C(Cc1ccccc1)N=C([O-])OCc1ccccc1.[Na+]. The predicted octanol–water partition coefficient (Wildman–Crippen LogP) is -0.168.